The Kier molecular flexibility index (Phi) is 2.86. The van der Waals surface area contributed by atoms with Crippen LogP contribution in [-0.2, 0) is 6.54 Å². The van der Waals surface area contributed by atoms with Crippen LogP contribution in [0.15, 0.2) is 44.3 Å². The quantitative estimate of drug-likeness (QED) is 0.734. The van der Waals surface area contributed by atoms with E-state index in [0.29, 0.717) is 6.54 Å². The number of hydrogen-bond donors (Lipinski definition) is 2. The van der Waals surface area contributed by atoms with Crippen molar-refractivity contribution in [2.75, 3.05) is 12.4 Å². The molecule has 2 heterocycles. The lowest BCUT2D eigenvalue weighted by molar-refractivity contribution is 0.515. The molecule has 0 unspecified atom stereocenters. The standard InChI is InChI=1S/C13H12N4O3/c1-14-12-15-10-9(11(18)16-12)20-13(19)17(10)7-8-5-3-2-4-6-8/h2-6H,7H2,1H3,(H2,14,15,16,18). The van der Waals surface area contributed by atoms with E-state index >= 15 is 0 Å². The molecule has 3 rings (SSSR count). The van der Waals surface area contributed by atoms with Gasteiger partial charge >= 0.3 is 5.76 Å². The highest BCUT2D eigenvalue weighted by Crippen LogP contribution is 2.09. The zero-order valence-corrected chi connectivity index (χ0v) is 10.7. The molecule has 0 atom stereocenters. The predicted molar refractivity (Wildman–Crippen MR) is 74.0 cm³/mol. The van der Waals surface area contributed by atoms with Gasteiger partial charge in [-0.3, -0.25) is 14.3 Å². The second-order valence-corrected chi connectivity index (χ2v) is 4.26. The van der Waals surface area contributed by atoms with Gasteiger partial charge in [-0.2, -0.15) is 4.98 Å². The van der Waals surface area contributed by atoms with Gasteiger partial charge in [-0.1, -0.05) is 30.3 Å². The molecule has 1 aromatic carbocycles. The summed E-state index contributed by atoms with van der Waals surface area (Å²) >= 11 is 0. The van der Waals surface area contributed by atoms with Crippen molar-refractivity contribution in [1.29, 1.82) is 0 Å². The number of nitrogens with zero attached hydrogens (tertiary/aromatic N) is 2. The summed E-state index contributed by atoms with van der Waals surface area (Å²) in [6, 6.07) is 9.42. The number of aromatic nitrogens is 3. The van der Waals surface area contributed by atoms with Gasteiger partial charge in [0.1, 0.15) is 0 Å². The maximum Gasteiger partial charge on any atom is 0.421 e. The summed E-state index contributed by atoms with van der Waals surface area (Å²) in [5.74, 6) is -0.319. The Bertz CT molecular complexity index is 861. The third kappa shape index (κ3) is 1.99. The summed E-state index contributed by atoms with van der Waals surface area (Å²) in [5.41, 5.74) is 0.602. The van der Waals surface area contributed by atoms with E-state index in [9.17, 15) is 9.59 Å². The molecule has 0 bridgehead atoms. The van der Waals surface area contributed by atoms with Crippen LogP contribution in [-0.4, -0.2) is 21.6 Å². The van der Waals surface area contributed by atoms with Crippen molar-refractivity contribution < 1.29 is 4.42 Å². The summed E-state index contributed by atoms with van der Waals surface area (Å²) < 4.78 is 6.31. The number of anilines is 1. The van der Waals surface area contributed by atoms with Crippen LogP contribution in [0.25, 0.3) is 11.2 Å². The zero-order valence-electron chi connectivity index (χ0n) is 10.7. The Labute approximate surface area is 112 Å². The van der Waals surface area contributed by atoms with E-state index in [0.717, 1.165) is 5.56 Å². The van der Waals surface area contributed by atoms with Crippen LogP contribution < -0.4 is 16.6 Å². The lowest BCUT2D eigenvalue weighted by Gasteiger charge is -2.02. The highest BCUT2D eigenvalue weighted by Gasteiger charge is 2.15. The number of H-pyrrole nitrogens is 1. The maximum absolute atomic E-state index is 11.9. The molecule has 0 spiro atoms. The number of fused-ring (bicyclic) bond motifs is 1. The van der Waals surface area contributed by atoms with Crippen LogP contribution in [0.4, 0.5) is 5.95 Å². The van der Waals surface area contributed by atoms with Gasteiger partial charge in [0.25, 0.3) is 5.56 Å². The Balaban J connectivity index is 2.20. The van der Waals surface area contributed by atoms with E-state index < -0.39 is 11.3 Å². The van der Waals surface area contributed by atoms with Gasteiger partial charge in [-0.05, 0) is 5.56 Å². The highest BCUT2D eigenvalue weighted by molar-refractivity contribution is 5.68. The molecule has 0 fully saturated rings. The van der Waals surface area contributed by atoms with Gasteiger partial charge in [0.15, 0.2) is 5.65 Å². The van der Waals surface area contributed by atoms with Crippen molar-refractivity contribution in [2.24, 2.45) is 0 Å². The lowest BCUT2D eigenvalue weighted by Crippen LogP contribution is -2.16. The molecule has 102 valence electrons. The average Bonchev–Trinajstić information content (AvgIpc) is 2.77. The monoisotopic (exact) mass is 272 g/mol. The van der Waals surface area contributed by atoms with E-state index in [4.69, 9.17) is 4.42 Å². The summed E-state index contributed by atoms with van der Waals surface area (Å²) in [6.45, 7) is 0.298. The Morgan fingerprint density at radius 3 is 2.75 bits per heavy atom. The fourth-order valence-corrected chi connectivity index (χ4v) is 1.98. The smallest absolute Gasteiger partial charge is 0.400 e. The van der Waals surface area contributed by atoms with E-state index in [1.807, 2.05) is 30.3 Å². The van der Waals surface area contributed by atoms with Gasteiger partial charge in [-0.25, -0.2) is 4.79 Å². The molecule has 2 N–H and O–H groups in total. The van der Waals surface area contributed by atoms with E-state index in [-0.39, 0.29) is 17.2 Å². The van der Waals surface area contributed by atoms with Gasteiger partial charge in [0, 0.05) is 7.05 Å². The van der Waals surface area contributed by atoms with Crippen molar-refractivity contribution >= 4 is 17.2 Å². The molecule has 3 aromatic rings. The van der Waals surface area contributed by atoms with Crippen LogP contribution in [0.5, 0.6) is 0 Å². The zero-order chi connectivity index (χ0) is 14.1. The van der Waals surface area contributed by atoms with E-state index in [1.165, 1.54) is 4.57 Å². The van der Waals surface area contributed by atoms with Crippen molar-refractivity contribution in [3.8, 4) is 0 Å². The summed E-state index contributed by atoms with van der Waals surface area (Å²) in [6.07, 6.45) is 0. The fraction of sp³-hybridized carbons (Fsp3) is 0.154. The largest absolute Gasteiger partial charge is 0.421 e. The molecule has 2 aromatic heterocycles. The average molecular weight is 272 g/mol. The topological polar surface area (TPSA) is 92.9 Å². The number of aromatic amines is 1. The summed E-state index contributed by atoms with van der Waals surface area (Å²) in [4.78, 5) is 30.3. The van der Waals surface area contributed by atoms with Crippen molar-refractivity contribution in [2.45, 2.75) is 6.54 Å². The Morgan fingerprint density at radius 1 is 1.30 bits per heavy atom. The van der Waals surface area contributed by atoms with Crippen LogP contribution in [0, 0.1) is 0 Å². The van der Waals surface area contributed by atoms with Crippen molar-refractivity contribution in [3.63, 3.8) is 0 Å². The maximum atomic E-state index is 11.9. The van der Waals surface area contributed by atoms with E-state index in [1.54, 1.807) is 7.05 Å². The molecule has 0 aliphatic heterocycles. The molecular formula is C13H12N4O3. The Hall–Kier alpha value is -2.83. The van der Waals surface area contributed by atoms with Gasteiger partial charge in [0.2, 0.25) is 11.5 Å². The second-order valence-electron chi connectivity index (χ2n) is 4.26. The molecule has 0 radical (unpaired) electrons. The van der Waals surface area contributed by atoms with Crippen LogP contribution in [0.3, 0.4) is 0 Å². The molecule has 0 aliphatic carbocycles. The van der Waals surface area contributed by atoms with Gasteiger partial charge < -0.3 is 9.73 Å². The second kappa shape index (κ2) is 4.69. The first kappa shape index (κ1) is 12.2. The molecule has 0 saturated carbocycles. The SMILES string of the molecule is CNc1nc2c(oc(=O)n2Cc2ccccc2)c(=O)[nH]1. The first-order chi connectivity index (χ1) is 9.69. The van der Waals surface area contributed by atoms with Gasteiger partial charge in [-0.15, -0.1) is 0 Å². The minimum absolute atomic E-state index is 0.0649. The van der Waals surface area contributed by atoms with Crippen LogP contribution in [0.1, 0.15) is 5.56 Å². The summed E-state index contributed by atoms with van der Waals surface area (Å²) in [7, 11) is 1.63. The van der Waals surface area contributed by atoms with Crippen LogP contribution >= 0.6 is 0 Å². The number of nitrogens with one attached hydrogen (secondary N) is 2. The third-order valence-electron chi connectivity index (χ3n) is 2.94. The number of oxazole rings is 1. The molecule has 0 aliphatic rings. The Morgan fingerprint density at radius 2 is 2.05 bits per heavy atom. The molecule has 20 heavy (non-hydrogen) atoms. The normalized spacial score (nSPS) is 10.8. The molecule has 7 heteroatoms. The first-order valence-electron chi connectivity index (χ1n) is 6.04. The number of benzene rings is 1. The summed E-state index contributed by atoms with van der Waals surface area (Å²) in [5, 5.41) is 2.74. The molecular weight excluding hydrogens is 260 g/mol. The van der Waals surface area contributed by atoms with Crippen molar-refractivity contribution in [1.82, 2.24) is 14.5 Å². The molecule has 7 nitrogen and oxygen atoms in total. The third-order valence-corrected chi connectivity index (χ3v) is 2.94. The molecule has 0 saturated heterocycles. The van der Waals surface area contributed by atoms with Gasteiger partial charge in [0.05, 0.1) is 6.54 Å². The number of hydrogen-bond acceptors (Lipinski definition) is 5. The highest BCUT2D eigenvalue weighted by atomic mass is 16.4. The van der Waals surface area contributed by atoms with Crippen LogP contribution in [0.2, 0.25) is 0 Å². The lowest BCUT2D eigenvalue weighted by atomic mass is 10.2. The minimum Gasteiger partial charge on any atom is -0.400 e. The first-order valence-corrected chi connectivity index (χ1v) is 6.04. The van der Waals surface area contributed by atoms with E-state index in [2.05, 4.69) is 15.3 Å². The minimum atomic E-state index is -0.602. The number of rotatable bonds is 3. The van der Waals surface area contributed by atoms with Crippen molar-refractivity contribution in [3.05, 3.63) is 56.8 Å². The fourth-order valence-electron chi connectivity index (χ4n) is 1.98. The molecule has 0 amide bonds. The predicted octanol–water partition coefficient (Wildman–Crippen LogP) is 0.768.